The smallest absolute Gasteiger partial charge is 0.322 e. The van der Waals surface area contributed by atoms with Gasteiger partial charge in [0.2, 0.25) is 0 Å². The van der Waals surface area contributed by atoms with Crippen molar-refractivity contribution >= 4 is 11.7 Å². The molecule has 3 heterocycles. The predicted molar refractivity (Wildman–Crippen MR) is 102 cm³/mol. The minimum Gasteiger partial charge on any atom is -0.359 e. The number of anilines is 1. The molecule has 1 unspecified atom stereocenters. The van der Waals surface area contributed by atoms with E-state index in [9.17, 15) is 4.79 Å². The van der Waals surface area contributed by atoms with E-state index in [1.165, 1.54) is 5.56 Å². The number of likely N-dealkylation sites (tertiary alicyclic amines) is 1. The lowest BCUT2D eigenvalue weighted by Crippen LogP contribution is -2.34. The second-order valence-corrected chi connectivity index (χ2v) is 7.12. The quantitative estimate of drug-likeness (QED) is 0.756. The third-order valence-electron chi connectivity index (χ3n) is 4.92. The van der Waals surface area contributed by atoms with E-state index in [1.807, 2.05) is 25.3 Å². The van der Waals surface area contributed by atoms with Gasteiger partial charge in [0.05, 0.1) is 35.5 Å². The number of aryl methyl sites for hydroxylation is 3. The molecule has 140 valence electrons. The van der Waals surface area contributed by atoms with Crippen LogP contribution in [0.5, 0.6) is 0 Å². The Kier molecular flexibility index (Phi) is 4.43. The fourth-order valence-electron chi connectivity index (χ4n) is 3.62. The van der Waals surface area contributed by atoms with Gasteiger partial charge >= 0.3 is 6.03 Å². The van der Waals surface area contributed by atoms with E-state index >= 15 is 0 Å². The Morgan fingerprint density at radius 1 is 1.26 bits per heavy atom. The van der Waals surface area contributed by atoms with Gasteiger partial charge in [0, 0.05) is 12.6 Å². The maximum Gasteiger partial charge on any atom is 0.322 e. The van der Waals surface area contributed by atoms with Gasteiger partial charge in [-0.1, -0.05) is 22.9 Å². The first-order chi connectivity index (χ1) is 13.0. The number of amides is 2. The molecule has 1 atom stereocenters. The molecular weight excluding hydrogens is 342 g/mol. The predicted octanol–water partition coefficient (Wildman–Crippen LogP) is 4.15. The highest BCUT2D eigenvalue weighted by Gasteiger charge is 2.32. The SMILES string of the molecule is Cc1ccc(-n2cc(NC(=O)N3CCCC3c3cc(C)no3)cn2)c(C)c1. The molecule has 0 saturated carbocycles. The molecule has 0 spiro atoms. The number of rotatable bonds is 3. The fraction of sp³-hybridized carbons (Fsp3) is 0.350. The van der Waals surface area contributed by atoms with E-state index in [2.05, 4.69) is 41.6 Å². The number of hydrogen-bond acceptors (Lipinski definition) is 4. The summed E-state index contributed by atoms with van der Waals surface area (Å²) in [6.07, 6.45) is 5.32. The Balaban J connectivity index is 1.49. The summed E-state index contributed by atoms with van der Waals surface area (Å²) in [6, 6.07) is 7.88. The van der Waals surface area contributed by atoms with Crippen molar-refractivity contribution in [2.45, 2.75) is 39.7 Å². The largest absolute Gasteiger partial charge is 0.359 e. The monoisotopic (exact) mass is 365 g/mol. The Morgan fingerprint density at radius 2 is 2.11 bits per heavy atom. The van der Waals surface area contributed by atoms with Crippen molar-refractivity contribution in [3.8, 4) is 5.69 Å². The van der Waals surface area contributed by atoms with Gasteiger partial charge in [0.25, 0.3) is 0 Å². The number of urea groups is 1. The average molecular weight is 365 g/mol. The van der Waals surface area contributed by atoms with Crippen LogP contribution in [0.2, 0.25) is 0 Å². The number of carbonyl (C=O) groups excluding carboxylic acids is 1. The molecule has 1 aliphatic heterocycles. The van der Waals surface area contributed by atoms with Crippen LogP contribution >= 0.6 is 0 Å². The molecule has 1 fully saturated rings. The summed E-state index contributed by atoms with van der Waals surface area (Å²) < 4.78 is 7.16. The maximum atomic E-state index is 12.8. The lowest BCUT2D eigenvalue weighted by Gasteiger charge is -2.22. The number of carbonyl (C=O) groups is 1. The van der Waals surface area contributed by atoms with Gasteiger partial charge in [-0.3, -0.25) is 0 Å². The topological polar surface area (TPSA) is 76.2 Å². The Hall–Kier alpha value is -3.09. The molecule has 1 N–H and O–H groups in total. The van der Waals surface area contributed by atoms with Gasteiger partial charge in [0.1, 0.15) is 0 Å². The first-order valence-electron chi connectivity index (χ1n) is 9.14. The van der Waals surface area contributed by atoms with Crippen LogP contribution in [-0.2, 0) is 0 Å². The van der Waals surface area contributed by atoms with Gasteiger partial charge < -0.3 is 14.7 Å². The third kappa shape index (κ3) is 3.45. The molecule has 0 bridgehead atoms. The van der Waals surface area contributed by atoms with Crippen LogP contribution in [0.4, 0.5) is 10.5 Å². The molecular formula is C20H23N5O2. The van der Waals surface area contributed by atoms with E-state index in [4.69, 9.17) is 4.52 Å². The second kappa shape index (κ2) is 6.90. The van der Waals surface area contributed by atoms with E-state index in [0.29, 0.717) is 12.2 Å². The van der Waals surface area contributed by atoms with E-state index in [1.54, 1.807) is 15.8 Å². The van der Waals surface area contributed by atoms with Crippen LogP contribution in [0.15, 0.2) is 41.2 Å². The van der Waals surface area contributed by atoms with Crippen LogP contribution in [0.1, 0.15) is 41.5 Å². The molecule has 27 heavy (non-hydrogen) atoms. The van der Waals surface area contributed by atoms with Crippen LogP contribution in [0.25, 0.3) is 5.69 Å². The van der Waals surface area contributed by atoms with Crippen LogP contribution in [-0.4, -0.2) is 32.4 Å². The molecule has 7 heteroatoms. The normalized spacial score (nSPS) is 16.7. The zero-order valence-corrected chi connectivity index (χ0v) is 15.8. The third-order valence-corrected chi connectivity index (χ3v) is 4.92. The second-order valence-electron chi connectivity index (χ2n) is 7.12. The van der Waals surface area contributed by atoms with Gasteiger partial charge in [-0.15, -0.1) is 0 Å². The van der Waals surface area contributed by atoms with Crippen LogP contribution in [0, 0.1) is 20.8 Å². The van der Waals surface area contributed by atoms with Crippen molar-refractivity contribution in [1.82, 2.24) is 19.8 Å². The molecule has 0 aliphatic carbocycles. The van der Waals surface area contributed by atoms with Crippen molar-refractivity contribution in [1.29, 1.82) is 0 Å². The Bertz CT molecular complexity index is 974. The highest BCUT2D eigenvalue weighted by molar-refractivity contribution is 5.89. The zero-order chi connectivity index (χ0) is 19.0. The molecule has 2 amide bonds. The van der Waals surface area contributed by atoms with Crippen molar-refractivity contribution in [2.24, 2.45) is 0 Å². The van der Waals surface area contributed by atoms with E-state index < -0.39 is 0 Å². The van der Waals surface area contributed by atoms with Crippen molar-refractivity contribution in [2.75, 3.05) is 11.9 Å². The number of benzene rings is 1. The number of nitrogens with zero attached hydrogens (tertiary/aromatic N) is 4. The molecule has 1 aliphatic rings. The van der Waals surface area contributed by atoms with E-state index in [0.717, 1.165) is 35.5 Å². The highest BCUT2D eigenvalue weighted by atomic mass is 16.5. The summed E-state index contributed by atoms with van der Waals surface area (Å²) in [7, 11) is 0. The van der Waals surface area contributed by atoms with Gasteiger partial charge in [-0.25, -0.2) is 9.48 Å². The molecule has 4 rings (SSSR count). The summed E-state index contributed by atoms with van der Waals surface area (Å²) in [5.41, 5.74) is 4.83. The van der Waals surface area contributed by atoms with Gasteiger partial charge in [0.15, 0.2) is 5.76 Å². The number of hydrogen-bond donors (Lipinski definition) is 1. The molecule has 1 aromatic carbocycles. The summed E-state index contributed by atoms with van der Waals surface area (Å²) in [5, 5.41) is 11.3. The van der Waals surface area contributed by atoms with Crippen LogP contribution in [0.3, 0.4) is 0 Å². The van der Waals surface area contributed by atoms with Gasteiger partial charge in [-0.05, 0) is 45.2 Å². The highest BCUT2D eigenvalue weighted by Crippen LogP contribution is 2.32. The first kappa shape index (κ1) is 17.3. The molecule has 3 aromatic rings. The molecule has 1 saturated heterocycles. The zero-order valence-electron chi connectivity index (χ0n) is 15.8. The average Bonchev–Trinajstić information content (AvgIpc) is 3.35. The summed E-state index contributed by atoms with van der Waals surface area (Å²) in [4.78, 5) is 14.6. The Morgan fingerprint density at radius 3 is 2.85 bits per heavy atom. The first-order valence-corrected chi connectivity index (χ1v) is 9.14. The minimum absolute atomic E-state index is 0.0689. The lowest BCUT2D eigenvalue weighted by atomic mass is 10.1. The lowest BCUT2D eigenvalue weighted by molar-refractivity contribution is 0.195. The summed E-state index contributed by atoms with van der Waals surface area (Å²) in [5.74, 6) is 0.742. The number of nitrogens with one attached hydrogen (secondary N) is 1. The van der Waals surface area contributed by atoms with Crippen molar-refractivity contribution in [3.05, 3.63) is 59.2 Å². The number of aromatic nitrogens is 3. The Labute approximate surface area is 158 Å². The summed E-state index contributed by atoms with van der Waals surface area (Å²) >= 11 is 0. The van der Waals surface area contributed by atoms with Crippen molar-refractivity contribution in [3.63, 3.8) is 0 Å². The summed E-state index contributed by atoms with van der Waals surface area (Å²) in [6.45, 7) is 6.69. The maximum absolute atomic E-state index is 12.8. The standard InChI is InChI=1S/C20H23N5O2/c1-13-6-7-17(14(2)9-13)25-12-16(11-21-25)22-20(26)24-8-4-5-18(24)19-10-15(3)23-27-19/h6-7,9-12,18H,4-5,8H2,1-3H3,(H,22,26). The van der Waals surface area contributed by atoms with Gasteiger partial charge in [-0.2, -0.15) is 5.10 Å². The van der Waals surface area contributed by atoms with E-state index in [-0.39, 0.29) is 12.1 Å². The van der Waals surface area contributed by atoms with Crippen molar-refractivity contribution < 1.29 is 9.32 Å². The van der Waals surface area contributed by atoms with Crippen LogP contribution < -0.4 is 5.32 Å². The molecule has 2 aromatic heterocycles. The molecule has 7 nitrogen and oxygen atoms in total. The fourth-order valence-corrected chi connectivity index (χ4v) is 3.62. The minimum atomic E-state index is -0.147. The molecule has 0 radical (unpaired) electrons.